The highest BCUT2D eigenvalue weighted by atomic mass is 31.1. The Labute approximate surface area is 149 Å². The first-order valence-corrected chi connectivity index (χ1v) is 9.62. The van der Waals surface area contributed by atoms with Gasteiger partial charge in [-0.2, -0.15) is 0 Å². The van der Waals surface area contributed by atoms with Gasteiger partial charge in [-0.15, -0.1) is 0 Å². The van der Waals surface area contributed by atoms with E-state index < -0.39 is 6.09 Å². The predicted octanol–water partition coefficient (Wildman–Crippen LogP) is 2.99. The standard InChI is InChI=1S/C17H26FN2O4P/c1-4-19(7-8-23-12(2)3)16-6-5-13(9-15(16)18)20-10-14(11-25-22)24-17(20)21/h5-6,9,12,14,22,25H,4,7-8,10-11H2,1-3H3. The second kappa shape index (κ2) is 9.32. The lowest BCUT2D eigenvalue weighted by Crippen LogP contribution is -2.29. The summed E-state index contributed by atoms with van der Waals surface area (Å²) >= 11 is 0. The van der Waals surface area contributed by atoms with Crippen molar-refractivity contribution in [1.82, 2.24) is 0 Å². The molecule has 2 rings (SSSR count). The van der Waals surface area contributed by atoms with Crippen molar-refractivity contribution in [2.45, 2.75) is 33.0 Å². The van der Waals surface area contributed by atoms with E-state index in [0.29, 0.717) is 43.8 Å². The number of benzene rings is 1. The van der Waals surface area contributed by atoms with Gasteiger partial charge >= 0.3 is 6.09 Å². The Balaban J connectivity index is 2.07. The van der Waals surface area contributed by atoms with E-state index in [0.717, 1.165) is 0 Å². The van der Waals surface area contributed by atoms with Gasteiger partial charge in [0, 0.05) is 28.1 Å². The third-order valence-corrected chi connectivity index (χ3v) is 4.61. The zero-order valence-electron chi connectivity index (χ0n) is 14.9. The molecule has 1 fully saturated rings. The van der Waals surface area contributed by atoms with Gasteiger partial charge in [0.15, 0.2) is 0 Å². The minimum Gasteiger partial charge on any atom is -0.443 e. The summed E-state index contributed by atoms with van der Waals surface area (Å²) in [4.78, 5) is 24.2. The highest BCUT2D eigenvalue weighted by Gasteiger charge is 2.32. The van der Waals surface area contributed by atoms with Gasteiger partial charge in [-0.25, -0.2) is 9.18 Å². The Morgan fingerprint density at radius 3 is 2.88 bits per heavy atom. The first-order valence-electron chi connectivity index (χ1n) is 8.47. The molecule has 1 aliphatic rings. The third kappa shape index (κ3) is 5.27. The van der Waals surface area contributed by atoms with Crippen molar-refractivity contribution in [3.8, 4) is 0 Å². The summed E-state index contributed by atoms with van der Waals surface area (Å²) < 4.78 is 25.3. The summed E-state index contributed by atoms with van der Waals surface area (Å²) in [5.74, 6) is -0.385. The largest absolute Gasteiger partial charge is 0.443 e. The number of halogens is 1. The van der Waals surface area contributed by atoms with Crippen LogP contribution in [-0.2, 0) is 9.47 Å². The van der Waals surface area contributed by atoms with Crippen LogP contribution in [0.2, 0.25) is 0 Å². The fourth-order valence-electron chi connectivity index (χ4n) is 2.71. The molecule has 25 heavy (non-hydrogen) atoms. The Bertz CT molecular complexity index is 588. The number of rotatable bonds is 9. The number of hydrogen-bond donors (Lipinski definition) is 1. The van der Waals surface area contributed by atoms with E-state index in [4.69, 9.17) is 14.4 Å². The second-order valence-corrected chi connectivity index (χ2v) is 6.84. The van der Waals surface area contributed by atoms with Gasteiger partial charge in [-0.1, -0.05) is 0 Å². The highest BCUT2D eigenvalue weighted by Crippen LogP contribution is 2.28. The van der Waals surface area contributed by atoms with Crippen molar-refractivity contribution in [3.05, 3.63) is 24.0 Å². The van der Waals surface area contributed by atoms with Crippen LogP contribution in [0.1, 0.15) is 20.8 Å². The number of carbonyl (C=O) groups is 1. The molecule has 1 aromatic carbocycles. The van der Waals surface area contributed by atoms with E-state index in [1.807, 2.05) is 25.7 Å². The maximum atomic E-state index is 14.6. The van der Waals surface area contributed by atoms with Gasteiger partial charge in [0.25, 0.3) is 0 Å². The average molecular weight is 372 g/mol. The molecule has 1 amide bonds. The Morgan fingerprint density at radius 1 is 1.52 bits per heavy atom. The molecule has 0 saturated carbocycles. The summed E-state index contributed by atoms with van der Waals surface area (Å²) in [6.07, 6.45) is -0.311. The smallest absolute Gasteiger partial charge is 0.414 e. The van der Waals surface area contributed by atoms with Gasteiger partial charge in [-0.05, 0) is 39.0 Å². The molecule has 1 N–H and O–H groups in total. The lowest BCUT2D eigenvalue weighted by molar-refractivity contribution is 0.0841. The van der Waals surface area contributed by atoms with Crippen LogP contribution in [0, 0.1) is 5.82 Å². The quantitative estimate of drug-likeness (QED) is 0.676. The molecule has 1 heterocycles. The fraction of sp³-hybridized carbons (Fsp3) is 0.588. The second-order valence-electron chi connectivity index (χ2n) is 6.11. The van der Waals surface area contributed by atoms with Crippen LogP contribution in [0.3, 0.4) is 0 Å². The predicted molar refractivity (Wildman–Crippen MR) is 98.4 cm³/mol. The van der Waals surface area contributed by atoms with Crippen molar-refractivity contribution < 1.29 is 23.6 Å². The van der Waals surface area contributed by atoms with E-state index in [2.05, 4.69) is 0 Å². The topological polar surface area (TPSA) is 62.2 Å². The van der Waals surface area contributed by atoms with Crippen molar-refractivity contribution in [1.29, 1.82) is 0 Å². The molecule has 0 bridgehead atoms. The van der Waals surface area contributed by atoms with Crippen LogP contribution >= 0.6 is 8.81 Å². The van der Waals surface area contributed by atoms with Crippen molar-refractivity contribution in [2.24, 2.45) is 0 Å². The zero-order chi connectivity index (χ0) is 18.4. The summed E-state index contributed by atoms with van der Waals surface area (Å²) in [6.45, 7) is 7.98. The maximum absolute atomic E-state index is 14.6. The molecule has 6 nitrogen and oxygen atoms in total. The molecule has 0 radical (unpaired) electrons. The van der Waals surface area contributed by atoms with Crippen LogP contribution in [-0.4, -0.2) is 55.6 Å². The number of ether oxygens (including phenoxy) is 2. The maximum Gasteiger partial charge on any atom is 0.414 e. The fourth-order valence-corrected chi connectivity index (χ4v) is 3.12. The monoisotopic (exact) mass is 372 g/mol. The van der Waals surface area contributed by atoms with Crippen LogP contribution in [0.4, 0.5) is 20.6 Å². The zero-order valence-corrected chi connectivity index (χ0v) is 15.9. The highest BCUT2D eigenvalue weighted by molar-refractivity contribution is 7.31. The van der Waals surface area contributed by atoms with E-state index in [1.165, 1.54) is 11.0 Å². The van der Waals surface area contributed by atoms with Crippen LogP contribution in [0.15, 0.2) is 18.2 Å². The molecule has 0 spiro atoms. The first kappa shape index (κ1) is 19.9. The van der Waals surface area contributed by atoms with Gasteiger partial charge in [0.05, 0.1) is 30.6 Å². The molecular formula is C17H26FN2O4P. The summed E-state index contributed by atoms with van der Waals surface area (Å²) in [5.41, 5.74) is 0.948. The molecule has 2 unspecified atom stereocenters. The number of nitrogens with zero attached hydrogens (tertiary/aromatic N) is 2. The average Bonchev–Trinajstić information content (AvgIpc) is 2.93. The minimum absolute atomic E-state index is 0.139. The molecule has 8 heteroatoms. The van der Waals surface area contributed by atoms with E-state index in [-0.39, 0.29) is 26.8 Å². The Kier molecular flexibility index (Phi) is 7.41. The number of amides is 1. The molecular weight excluding hydrogens is 346 g/mol. The normalized spacial score (nSPS) is 17.8. The summed E-state index contributed by atoms with van der Waals surface area (Å²) in [7, 11) is -0.278. The van der Waals surface area contributed by atoms with Crippen molar-refractivity contribution >= 4 is 26.3 Å². The van der Waals surface area contributed by atoms with Crippen molar-refractivity contribution in [2.75, 3.05) is 42.2 Å². The lowest BCUT2D eigenvalue weighted by Gasteiger charge is -2.25. The van der Waals surface area contributed by atoms with Gasteiger partial charge in [0.2, 0.25) is 0 Å². The third-order valence-electron chi connectivity index (χ3n) is 3.97. The van der Waals surface area contributed by atoms with Gasteiger partial charge in [0.1, 0.15) is 11.9 Å². The molecule has 140 valence electrons. The summed E-state index contributed by atoms with van der Waals surface area (Å²) in [5, 5.41) is 0. The van der Waals surface area contributed by atoms with Gasteiger partial charge in [-0.3, -0.25) is 4.90 Å². The SMILES string of the molecule is CCN(CCOC(C)C)c1ccc(N2CC(CPO)OC2=O)cc1F. The molecule has 2 atom stereocenters. The van der Waals surface area contributed by atoms with E-state index in [1.54, 1.807) is 12.1 Å². The van der Waals surface area contributed by atoms with E-state index >= 15 is 0 Å². The van der Waals surface area contributed by atoms with Gasteiger partial charge < -0.3 is 19.3 Å². The number of carbonyl (C=O) groups excluding carboxylic acids is 1. The molecule has 0 aromatic heterocycles. The summed E-state index contributed by atoms with van der Waals surface area (Å²) in [6, 6.07) is 4.75. The number of anilines is 2. The molecule has 1 aromatic rings. The van der Waals surface area contributed by atoms with Crippen LogP contribution in [0.5, 0.6) is 0 Å². The number of likely N-dealkylation sites (N-methyl/N-ethyl adjacent to an activating group) is 1. The molecule has 1 aliphatic heterocycles. The Hall–Kier alpha value is -1.43. The van der Waals surface area contributed by atoms with Crippen molar-refractivity contribution in [3.63, 3.8) is 0 Å². The molecule has 0 aliphatic carbocycles. The number of hydrogen-bond acceptors (Lipinski definition) is 5. The van der Waals surface area contributed by atoms with Crippen LogP contribution in [0.25, 0.3) is 0 Å². The van der Waals surface area contributed by atoms with E-state index in [9.17, 15) is 9.18 Å². The number of cyclic esters (lactones) is 1. The minimum atomic E-state index is -0.506. The lowest BCUT2D eigenvalue weighted by atomic mass is 10.2. The molecule has 1 saturated heterocycles. The van der Waals surface area contributed by atoms with Crippen LogP contribution < -0.4 is 9.80 Å². The first-order chi connectivity index (χ1) is 12.0. The Morgan fingerprint density at radius 2 is 2.28 bits per heavy atom.